The van der Waals surface area contributed by atoms with E-state index in [0.29, 0.717) is 5.56 Å². The summed E-state index contributed by atoms with van der Waals surface area (Å²) < 4.78 is 15.6. The first kappa shape index (κ1) is 40.4. The highest BCUT2D eigenvalue weighted by Gasteiger charge is 2.24. The lowest BCUT2D eigenvalue weighted by molar-refractivity contribution is -0.140. The Bertz CT molecular complexity index is 1020. The van der Waals surface area contributed by atoms with Crippen LogP contribution in [-0.2, 0) is 14.3 Å². The molecular formula is C35H52O7. The van der Waals surface area contributed by atoms with Crippen molar-refractivity contribution in [1.82, 2.24) is 0 Å². The molecule has 234 valence electrons. The highest BCUT2D eigenvalue weighted by molar-refractivity contribution is 5.96. The number of benzene rings is 2. The van der Waals surface area contributed by atoms with E-state index in [9.17, 15) is 14.4 Å². The molecule has 7 nitrogen and oxygen atoms in total. The van der Waals surface area contributed by atoms with Crippen molar-refractivity contribution in [3.63, 3.8) is 0 Å². The molecule has 0 spiro atoms. The van der Waals surface area contributed by atoms with E-state index in [1.165, 1.54) is 51.0 Å². The fourth-order valence-corrected chi connectivity index (χ4v) is 3.82. The second-order valence-corrected chi connectivity index (χ2v) is 9.28. The lowest BCUT2D eigenvalue weighted by Crippen LogP contribution is -2.23. The highest BCUT2D eigenvalue weighted by atomic mass is 16.5. The summed E-state index contributed by atoms with van der Waals surface area (Å²) in [6, 6.07) is 11.2. The Morgan fingerprint density at radius 3 is 1.86 bits per heavy atom. The summed E-state index contributed by atoms with van der Waals surface area (Å²) in [5.74, 6) is -1.44. The molecule has 42 heavy (non-hydrogen) atoms. The SMILES string of the molecule is C=CC.C=O.CC.CCCCCC.COC(=O)c1cc(OC(=O)C2CCCCC2)ccc1OC(=O)c1ccc(C)cc1. The third-order valence-electron chi connectivity index (χ3n) is 5.96. The van der Waals surface area contributed by atoms with Gasteiger partial charge in [0.05, 0.1) is 18.6 Å². The summed E-state index contributed by atoms with van der Waals surface area (Å²) in [6.07, 6.45) is 12.1. The molecule has 1 aliphatic rings. The summed E-state index contributed by atoms with van der Waals surface area (Å²) in [4.78, 5) is 45.0. The van der Waals surface area contributed by atoms with E-state index in [4.69, 9.17) is 19.0 Å². The van der Waals surface area contributed by atoms with E-state index in [0.717, 1.165) is 37.7 Å². The molecule has 0 amide bonds. The summed E-state index contributed by atoms with van der Waals surface area (Å²) in [5.41, 5.74) is 1.39. The van der Waals surface area contributed by atoms with E-state index in [-0.39, 0.29) is 28.9 Å². The van der Waals surface area contributed by atoms with Crippen molar-refractivity contribution in [1.29, 1.82) is 0 Å². The Labute approximate surface area is 253 Å². The Morgan fingerprint density at radius 2 is 1.38 bits per heavy atom. The second-order valence-electron chi connectivity index (χ2n) is 9.28. The summed E-state index contributed by atoms with van der Waals surface area (Å²) in [5, 5.41) is 0. The molecule has 0 heterocycles. The van der Waals surface area contributed by atoms with Gasteiger partial charge in [-0.05, 0) is 57.0 Å². The Morgan fingerprint density at radius 1 is 0.857 bits per heavy atom. The lowest BCUT2D eigenvalue weighted by Gasteiger charge is -2.20. The number of hydrogen-bond donors (Lipinski definition) is 0. The van der Waals surface area contributed by atoms with Crippen LogP contribution < -0.4 is 9.47 Å². The average molecular weight is 585 g/mol. The number of esters is 3. The number of carbonyl (C=O) groups excluding carboxylic acids is 4. The van der Waals surface area contributed by atoms with Gasteiger partial charge in [-0.2, -0.15) is 0 Å². The highest BCUT2D eigenvalue weighted by Crippen LogP contribution is 2.29. The number of methoxy groups -OCH3 is 1. The van der Waals surface area contributed by atoms with E-state index in [1.807, 2.05) is 34.5 Å². The van der Waals surface area contributed by atoms with Gasteiger partial charge in [0.25, 0.3) is 0 Å². The van der Waals surface area contributed by atoms with Gasteiger partial charge in [-0.1, -0.05) is 96.4 Å². The van der Waals surface area contributed by atoms with Crippen LogP contribution in [0.2, 0.25) is 0 Å². The molecule has 2 aromatic rings. The third kappa shape index (κ3) is 16.5. The molecule has 1 saturated carbocycles. The van der Waals surface area contributed by atoms with Crippen LogP contribution >= 0.6 is 0 Å². The summed E-state index contributed by atoms with van der Waals surface area (Å²) in [6.45, 7) is 17.6. The van der Waals surface area contributed by atoms with Crippen LogP contribution in [-0.4, -0.2) is 31.8 Å². The number of ether oxygens (including phenoxy) is 3. The zero-order valence-corrected chi connectivity index (χ0v) is 26.8. The van der Waals surface area contributed by atoms with Gasteiger partial charge in [-0.25, -0.2) is 9.59 Å². The van der Waals surface area contributed by atoms with Crippen LogP contribution in [0.15, 0.2) is 55.1 Å². The van der Waals surface area contributed by atoms with Crippen LogP contribution in [0.5, 0.6) is 11.5 Å². The Kier molecular flexibility index (Phi) is 25.2. The maximum Gasteiger partial charge on any atom is 0.343 e. The molecule has 1 fully saturated rings. The first-order valence-electron chi connectivity index (χ1n) is 14.9. The van der Waals surface area contributed by atoms with Crippen molar-refractivity contribution in [2.45, 2.75) is 99.3 Å². The maximum atomic E-state index is 12.4. The number of unbranched alkanes of at least 4 members (excludes halogenated alkanes) is 3. The molecule has 0 N–H and O–H groups in total. The number of hydrogen-bond acceptors (Lipinski definition) is 7. The minimum atomic E-state index is -0.688. The summed E-state index contributed by atoms with van der Waals surface area (Å²) in [7, 11) is 1.23. The minimum Gasteiger partial charge on any atom is -0.465 e. The molecule has 0 radical (unpaired) electrons. The van der Waals surface area contributed by atoms with Crippen molar-refractivity contribution in [2.24, 2.45) is 5.92 Å². The average Bonchev–Trinajstić information content (AvgIpc) is 3.03. The second kappa shape index (κ2) is 26.2. The number of rotatable bonds is 8. The van der Waals surface area contributed by atoms with E-state index >= 15 is 0 Å². The van der Waals surface area contributed by atoms with Crippen LogP contribution in [0.1, 0.15) is 119 Å². The van der Waals surface area contributed by atoms with E-state index in [1.54, 1.807) is 30.3 Å². The maximum absolute atomic E-state index is 12.4. The van der Waals surface area contributed by atoms with Crippen molar-refractivity contribution in [3.05, 3.63) is 71.8 Å². The van der Waals surface area contributed by atoms with Crippen LogP contribution in [0.3, 0.4) is 0 Å². The van der Waals surface area contributed by atoms with Gasteiger partial charge in [0, 0.05) is 0 Å². The molecule has 0 aliphatic heterocycles. The predicted molar refractivity (Wildman–Crippen MR) is 170 cm³/mol. The Hall–Kier alpha value is -3.74. The molecule has 1 aliphatic carbocycles. The predicted octanol–water partition coefficient (Wildman–Crippen LogP) is 9.11. The monoisotopic (exact) mass is 584 g/mol. The molecule has 2 aromatic carbocycles. The normalized spacial score (nSPS) is 11.6. The van der Waals surface area contributed by atoms with Crippen LogP contribution in [0.25, 0.3) is 0 Å². The van der Waals surface area contributed by atoms with E-state index in [2.05, 4.69) is 20.4 Å². The molecule has 0 saturated heterocycles. The zero-order valence-electron chi connectivity index (χ0n) is 26.8. The van der Waals surface area contributed by atoms with E-state index < -0.39 is 11.9 Å². The number of allylic oxidation sites excluding steroid dienone is 1. The van der Waals surface area contributed by atoms with Crippen LogP contribution in [0.4, 0.5) is 0 Å². The third-order valence-corrected chi connectivity index (χ3v) is 5.96. The van der Waals surface area contributed by atoms with Gasteiger partial charge in [-0.3, -0.25) is 4.79 Å². The van der Waals surface area contributed by atoms with Gasteiger partial charge in [-0.15, -0.1) is 6.58 Å². The van der Waals surface area contributed by atoms with Crippen molar-refractivity contribution < 1.29 is 33.4 Å². The standard InChI is InChI=1S/C23H24O6.C6H14.C3H6.C2H6.CH2O/c1-15-8-10-17(11-9-15)22(25)29-20-13-12-18(14-19(20)23(26)27-2)28-21(24)16-6-4-3-5-7-16;1-3-5-6-4-2;1-3-2;2*1-2/h8-14,16H,3-7H2,1-2H3;3-6H2,1-2H3;3H,1H2,2H3;1-2H3;1H2. The quantitative estimate of drug-likeness (QED) is 0.132. The first-order chi connectivity index (χ1) is 20.3. The Balaban J connectivity index is 0. The van der Waals surface area contributed by atoms with Crippen LogP contribution in [0, 0.1) is 12.8 Å². The molecule has 3 rings (SSSR count). The first-order valence-corrected chi connectivity index (χ1v) is 14.9. The molecule has 7 heteroatoms. The molecule has 0 aromatic heterocycles. The largest absolute Gasteiger partial charge is 0.465 e. The summed E-state index contributed by atoms with van der Waals surface area (Å²) >= 11 is 0. The topological polar surface area (TPSA) is 96.0 Å². The van der Waals surface area contributed by atoms with Crippen molar-refractivity contribution >= 4 is 24.7 Å². The van der Waals surface area contributed by atoms with Crippen molar-refractivity contribution in [2.75, 3.05) is 7.11 Å². The number of aryl methyl sites for hydroxylation is 1. The molecule has 0 bridgehead atoms. The van der Waals surface area contributed by atoms with Gasteiger partial charge in [0.1, 0.15) is 23.9 Å². The van der Waals surface area contributed by atoms with Gasteiger partial charge in [0.2, 0.25) is 0 Å². The van der Waals surface area contributed by atoms with Gasteiger partial charge >= 0.3 is 17.9 Å². The zero-order chi connectivity index (χ0) is 32.3. The smallest absolute Gasteiger partial charge is 0.343 e. The fourth-order valence-electron chi connectivity index (χ4n) is 3.82. The van der Waals surface area contributed by atoms with Gasteiger partial charge in [0.15, 0.2) is 0 Å². The number of carbonyl (C=O) groups is 4. The minimum absolute atomic E-state index is 0.0157. The molecular weight excluding hydrogens is 532 g/mol. The lowest BCUT2D eigenvalue weighted by atomic mass is 9.89. The molecule has 0 atom stereocenters. The van der Waals surface area contributed by atoms with Gasteiger partial charge < -0.3 is 19.0 Å². The fraction of sp³-hybridized carbons (Fsp3) is 0.486. The van der Waals surface area contributed by atoms with Crippen molar-refractivity contribution in [3.8, 4) is 11.5 Å². The molecule has 0 unspecified atom stereocenters.